The number of fused-ring (bicyclic) bond motifs is 1. The third-order valence-corrected chi connectivity index (χ3v) is 6.44. The van der Waals surface area contributed by atoms with Gasteiger partial charge in [0.15, 0.2) is 5.65 Å². The number of nitrogens with zero attached hydrogens (tertiary/aromatic N) is 3. The van der Waals surface area contributed by atoms with E-state index in [0.29, 0.717) is 52.9 Å². The molecule has 212 valence electrons. The fourth-order valence-electron chi connectivity index (χ4n) is 4.65. The largest absolute Gasteiger partial charge is 0.427 e. The van der Waals surface area contributed by atoms with E-state index in [2.05, 4.69) is 0 Å². The minimum atomic E-state index is -0.479. The Hall–Kier alpha value is -5.31. The zero-order valence-electron chi connectivity index (χ0n) is 23.7. The summed E-state index contributed by atoms with van der Waals surface area (Å²) in [6.07, 6.45) is 2.65. The van der Waals surface area contributed by atoms with Crippen molar-refractivity contribution in [3.05, 3.63) is 107 Å². The third-order valence-electron chi connectivity index (χ3n) is 6.44. The van der Waals surface area contributed by atoms with E-state index in [4.69, 9.17) is 24.2 Å². The first-order valence-electron chi connectivity index (χ1n) is 13.4. The first-order valence-corrected chi connectivity index (χ1v) is 13.4. The van der Waals surface area contributed by atoms with Gasteiger partial charge in [0.05, 0.1) is 11.4 Å². The molecule has 0 fully saturated rings. The summed E-state index contributed by atoms with van der Waals surface area (Å²) in [5, 5.41) is 0. The second-order valence-electron chi connectivity index (χ2n) is 9.87. The summed E-state index contributed by atoms with van der Waals surface area (Å²) in [5.41, 5.74) is 5.96. The number of aromatic nitrogens is 3. The first kappa shape index (κ1) is 28.2. The van der Waals surface area contributed by atoms with Gasteiger partial charge in [0.1, 0.15) is 17.2 Å². The van der Waals surface area contributed by atoms with Gasteiger partial charge in [-0.25, -0.2) is 9.97 Å². The van der Waals surface area contributed by atoms with Crippen LogP contribution in [-0.2, 0) is 27.2 Å². The van der Waals surface area contributed by atoms with E-state index in [1.807, 2.05) is 61.5 Å². The molecule has 0 aliphatic heterocycles. The zero-order chi connectivity index (χ0) is 29.8. The van der Waals surface area contributed by atoms with Crippen LogP contribution in [-0.4, -0.2) is 32.3 Å². The first-order chi connectivity index (χ1) is 20.2. The molecule has 5 rings (SSSR count). The molecule has 2 heterocycles. The number of aryl methyl sites for hydroxylation is 1. The summed E-state index contributed by atoms with van der Waals surface area (Å²) in [4.78, 5) is 44.9. The van der Waals surface area contributed by atoms with Gasteiger partial charge in [0, 0.05) is 45.4 Å². The van der Waals surface area contributed by atoms with Gasteiger partial charge in [-0.05, 0) is 53.9 Å². The lowest BCUT2D eigenvalue weighted by molar-refractivity contribution is -0.133. The lowest BCUT2D eigenvalue weighted by atomic mass is 10.1. The molecular formula is C33H29N3O6. The third kappa shape index (κ3) is 6.52. The molecule has 0 aliphatic carbocycles. The number of benzene rings is 3. The number of hydrogen-bond donors (Lipinski definition) is 0. The minimum Gasteiger partial charge on any atom is -0.427 e. The van der Waals surface area contributed by atoms with Crippen LogP contribution in [0.4, 0.5) is 0 Å². The van der Waals surface area contributed by atoms with Gasteiger partial charge in [-0.2, -0.15) is 0 Å². The molecule has 5 aromatic rings. The van der Waals surface area contributed by atoms with Crippen LogP contribution < -0.4 is 14.2 Å². The molecule has 0 spiro atoms. The van der Waals surface area contributed by atoms with Gasteiger partial charge in [0.25, 0.3) is 0 Å². The summed E-state index contributed by atoms with van der Waals surface area (Å²) < 4.78 is 17.9. The molecular weight excluding hydrogens is 534 g/mol. The van der Waals surface area contributed by atoms with Gasteiger partial charge in [0.2, 0.25) is 5.88 Å². The average Bonchev–Trinajstić information content (AvgIpc) is 3.27. The van der Waals surface area contributed by atoms with Crippen LogP contribution in [0.1, 0.15) is 48.8 Å². The maximum absolute atomic E-state index is 12.2. The number of rotatable bonds is 8. The van der Waals surface area contributed by atoms with Crippen LogP contribution in [0.25, 0.3) is 16.9 Å². The van der Waals surface area contributed by atoms with Crippen LogP contribution in [0.3, 0.4) is 0 Å². The van der Waals surface area contributed by atoms with E-state index in [1.54, 1.807) is 28.8 Å². The SMILES string of the molecule is CC(=O)Oc1ccc(Cc2nc3c(Cc4ccccc4)nc(-c4ccc(OC(C)=O)c(C)c4)cn3c2OC(C)=O)cc1. The molecule has 0 unspecified atom stereocenters. The minimum absolute atomic E-state index is 0.299. The van der Waals surface area contributed by atoms with Crippen molar-refractivity contribution >= 4 is 23.6 Å². The Kier molecular flexibility index (Phi) is 8.10. The van der Waals surface area contributed by atoms with Gasteiger partial charge >= 0.3 is 17.9 Å². The molecule has 9 nitrogen and oxygen atoms in total. The molecule has 0 atom stereocenters. The van der Waals surface area contributed by atoms with Crippen LogP contribution in [0.5, 0.6) is 17.4 Å². The number of carbonyl (C=O) groups excluding carboxylic acids is 3. The lowest BCUT2D eigenvalue weighted by Crippen LogP contribution is -2.07. The number of carbonyl (C=O) groups is 3. The maximum atomic E-state index is 12.2. The van der Waals surface area contributed by atoms with Crippen molar-refractivity contribution in [3.63, 3.8) is 0 Å². The Morgan fingerprint density at radius 3 is 2.00 bits per heavy atom. The van der Waals surface area contributed by atoms with Crippen molar-refractivity contribution in [2.75, 3.05) is 0 Å². The van der Waals surface area contributed by atoms with Crippen molar-refractivity contribution < 1.29 is 28.6 Å². The highest BCUT2D eigenvalue weighted by atomic mass is 16.5. The van der Waals surface area contributed by atoms with Crippen molar-refractivity contribution in [1.29, 1.82) is 0 Å². The second-order valence-corrected chi connectivity index (χ2v) is 9.87. The number of imidazole rings is 1. The Bertz CT molecular complexity index is 1790. The van der Waals surface area contributed by atoms with Crippen molar-refractivity contribution in [2.45, 2.75) is 40.5 Å². The molecule has 0 saturated heterocycles. The van der Waals surface area contributed by atoms with Crippen molar-refractivity contribution in [3.8, 4) is 28.6 Å². The Morgan fingerprint density at radius 1 is 0.714 bits per heavy atom. The summed E-state index contributed by atoms with van der Waals surface area (Å²) in [6, 6.07) is 22.5. The molecule has 9 heteroatoms. The fourth-order valence-corrected chi connectivity index (χ4v) is 4.65. The number of hydrogen-bond acceptors (Lipinski definition) is 8. The van der Waals surface area contributed by atoms with Gasteiger partial charge in [-0.15, -0.1) is 0 Å². The van der Waals surface area contributed by atoms with E-state index in [1.165, 1.54) is 20.8 Å². The molecule has 0 bridgehead atoms. The highest BCUT2D eigenvalue weighted by Crippen LogP contribution is 2.31. The topological polar surface area (TPSA) is 109 Å². The average molecular weight is 564 g/mol. The maximum Gasteiger partial charge on any atom is 0.309 e. The lowest BCUT2D eigenvalue weighted by Gasteiger charge is -2.11. The number of ether oxygens (including phenoxy) is 3. The van der Waals surface area contributed by atoms with E-state index in [9.17, 15) is 14.4 Å². The predicted molar refractivity (Wildman–Crippen MR) is 156 cm³/mol. The molecule has 3 aromatic carbocycles. The molecule has 0 N–H and O–H groups in total. The monoisotopic (exact) mass is 563 g/mol. The highest BCUT2D eigenvalue weighted by Gasteiger charge is 2.21. The van der Waals surface area contributed by atoms with Crippen molar-refractivity contribution in [1.82, 2.24) is 14.4 Å². The smallest absolute Gasteiger partial charge is 0.309 e. The van der Waals surface area contributed by atoms with Crippen LogP contribution in [0.2, 0.25) is 0 Å². The molecule has 0 amide bonds. The second kappa shape index (κ2) is 12.1. The normalized spacial score (nSPS) is 10.9. The van der Waals surface area contributed by atoms with Crippen LogP contribution in [0, 0.1) is 6.92 Å². The quantitative estimate of drug-likeness (QED) is 0.176. The van der Waals surface area contributed by atoms with Crippen molar-refractivity contribution in [2.24, 2.45) is 0 Å². The van der Waals surface area contributed by atoms with E-state index < -0.39 is 17.9 Å². The standard InChI is InChI=1S/C33H29N3O6/c1-20-16-26(12-15-31(20)41-22(3)38)30-19-36-32(28(34-30)17-24-8-6-5-7-9-24)35-29(33(36)42-23(4)39)18-25-10-13-27(14-11-25)40-21(2)37/h5-16,19H,17-18H2,1-4H3. The summed E-state index contributed by atoms with van der Waals surface area (Å²) >= 11 is 0. The van der Waals surface area contributed by atoms with Gasteiger partial charge in [-0.1, -0.05) is 42.5 Å². The predicted octanol–water partition coefficient (Wildman–Crippen LogP) is 5.66. The Labute approximate surface area is 242 Å². The van der Waals surface area contributed by atoms with E-state index >= 15 is 0 Å². The summed E-state index contributed by atoms with van der Waals surface area (Å²) in [5.74, 6) is -0.0580. The molecule has 42 heavy (non-hydrogen) atoms. The Morgan fingerprint density at radius 2 is 1.36 bits per heavy atom. The van der Waals surface area contributed by atoms with Gasteiger partial charge in [-0.3, -0.25) is 18.8 Å². The zero-order valence-corrected chi connectivity index (χ0v) is 23.7. The highest BCUT2D eigenvalue weighted by molar-refractivity contribution is 5.72. The molecule has 0 aliphatic rings. The van der Waals surface area contributed by atoms with Gasteiger partial charge < -0.3 is 14.2 Å². The molecule has 0 radical (unpaired) electrons. The Balaban J connectivity index is 1.64. The van der Waals surface area contributed by atoms with E-state index in [-0.39, 0.29) is 0 Å². The number of esters is 3. The van der Waals surface area contributed by atoms with Crippen LogP contribution >= 0.6 is 0 Å². The van der Waals surface area contributed by atoms with Crippen LogP contribution in [0.15, 0.2) is 79.0 Å². The summed E-state index contributed by atoms with van der Waals surface area (Å²) in [7, 11) is 0. The summed E-state index contributed by atoms with van der Waals surface area (Å²) in [6.45, 7) is 5.92. The fraction of sp³-hybridized carbons (Fsp3) is 0.182. The van der Waals surface area contributed by atoms with E-state index in [0.717, 1.165) is 22.3 Å². The molecule has 0 saturated carbocycles. The molecule has 2 aromatic heterocycles.